The summed E-state index contributed by atoms with van der Waals surface area (Å²) in [6.45, 7) is 8.17. The molecule has 5 nitrogen and oxygen atoms in total. The molecule has 2 aromatic carbocycles. The van der Waals surface area contributed by atoms with Gasteiger partial charge in [-0.3, -0.25) is 14.6 Å². The monoisotopic (exact) mass is 508 g/mol. The van der Waals surface area contributed by atoms with Gasteiger partial charge in [0.05, 0.1) is 16.1 Å². The van der Waals surface area contributed by atoms with Gasteiger partial charge >= 0.3 is 6.18 Å². The van der Waals surface area contributed by atoms with Gasteiger partial charge < -0.3 is 10.6 Å². The Labute approximate surface area is 209 Å². The van der Waals surface area contributed by atoms with Crippen LogP contribution in [0, 0.1) is 0 Å². The van der Waals surface area contributed by atoms with E-state index in [4.69, 9.17) is 17.3 Å². The first-order valence-corrected chi connectivity index (χ1v) is 12.4. The Morgan fingerprint density at radius 3 is 2.29 bits per heavy atom. The summed E-state index contributed by atoms with van der Waals surface area (Å²) in [7, 11) is 0. The molecular weight excluding hydrogens is 477 g/mol. The number of carbonyl (C=O) groups excluding carboxylic acids is 1. The second kappa shape index (κ2) is 10.4. The molecule has 0 bridgehead atoms. The number of nitrogens with zero attached hydrogens (tertiary/aromatic N) is 3. The lowest BCUT2D eigenvalue weighted by Crippen LogP contribution is -2.57. The molecule has 4 rings (SSSR count). The van der Waals surface area contributed by atoms with Crippen molar-refractivity contribution in [3.05, 3.63) is 64.2 Å². The Hall–Kier alpha value is -2.29. The standard InChI is InChI=1S/C26H32ClF3N4O/c1-17-16-33(14-15-34(17)18(2)19-6-8-20(9-7-19)26(28,29)30)21-10-12-32(13-11-21)25(35)24-22(27)4-3-5-23(24)31/h3-9,17-18,21H,10-16,31H2,1-2H3. The van der Waals surface area contributed by atoms with Crippen LogP contribution in [0.1, 0.15) is 54.2 Å². The number of rotatable bonds is 4. The quantitative estimate of drug-likeness (QED) is 0.568. The molecular formula is C26H32ClF3N4O. The average Bonchev–Trinajstić information content (AvgIpc) is 2.83. The molecule has 190 valence electrons. The zero-order valence-corrected chi connectivity index (χ0v) is 20.8. The summed E-state index contributed by atoms with van der Waals surface area (Å²) in [6.07, 6.45) is -2.55. The normalized spacial score (nSPS) is 21.8. The lowest BCUT2D eigenvalue weighted by molar-refractivity contribution is -0.137. The van der Waals surface area contributed by atoms with E-state index in [0.717, 1.165) is 50.2 Å². The zero-order valence-electron chi connectivity index (χ0n) is 20.1. The Morgan fingerprint density at radius 2 is 1.71 bits per heavy atom. The second-order valence-corrected chi connectivity index (χ2v) is 10.0. The molecule has 2 fully saturated rings. The molecule has 35 heavy (non-hydrogen) atoms. The molecule has 2 atom stereocenters. The number of anilines is 1. The predicted molar refractivity (Wildman–Crippen MR) is 132 cm³/mol. The SMILES string of the molecule is CC1CN(C2CCN(C(=O)c3c(N)cccc3Cl)CC2)CCN1C(C)c1ccc(C(F)(F)F)cc1. The summed E-state index contributed by atoms with van der Waals surface area (Å²) in [5.41, 5.74) is 7.06. The molecule has 0 aromatic heterocycles. The summed E-state index contributed by atoms with van der Waals surface area (Å²) in [5.74, 6) is -0.116. The Balaban J connectivity index is 1.32. The minimum Gasteiger partial charge on any atom is -0.398 e. The maximum Gasteiger partial charge on any atom is 0.416 e. The van der Waals surface area contributed by atoms with Crippen molar-refractivity contribution in [3.8, 4) is 0 Å². The molecule has 2 aliphatic rings. The van der Waals surface area contributed by atoms with E-state index in [1.54, 1.807) is 30.3 Å². The van der Waals surface area contributed by atoms with Crippen molar-refractivity contribution in [2.45, 2.75) is 51.0 Å². The molecule has 1 amide bonds. The smallest absolute Gasteiger partial charge is 0.398 e. The third-order valence-electron chi connectivity index (χ3n) is 7.46. The highest BCUT2D eigenvalue weighted by Crippen LogP contribution is 2.32. The van der Waals surface area contributed by atoms with E-state index in [1.807, 2.05) is 4.90 Å². The fraction of sp³-hybridized carbons (Fsp3) is 0.500. The summed E-state index contributed by atoms with van der Waals surface area (Å²) >= 11 is 6.23. The molecule has 2 saturated heterocycles. The fourth-order valence-corrected chi connectivity index (χ4v) is 5.67. The van der Waals surface area contributed by atoms with Crippen LogP contribution < -0.4 is 5.73 Å². The van der Waals surface area contributed by atoms with Gasteiger partial charge in [-0.15, -0.1) is 0 Å². The molecule has 9 heteroatoms. The fourth-order valence-electron chi connectivity index (χ4n) is 5.41. The van der Waals surface area contributed by atoms with Gasteiger partial charge in [0.1, 0.15) is 0 Å². The van der Waals surface area contributed by atoms with Gasteiger partial charge in [0.2, 0.25) is 0 Å². The molecule has 0 radical (unpaired) electrons. The number of benzene rings is 2. The third-order valence-corrected chi connectivity index (χ3v) is 7.77. The van der Waals surface area contributed by atoms with Gasteiger partial charge in [-0.25, -0.2) is 0 Å². The average molecular weight is 509 g/mol. The highest BCUT2D eigenvalue weighted by atomic mass is 35.5. The van der Waals surface area contributed by atoms with Gasteiger partial charge in [0.25, 0.3) is 5.91 Å². The summed E-state index contributed by atoms with van der Waals surface area (Å²) in [5, 5.41) is 0.379. The van der Waals surface area contributed by atoms with E-state index in [2.05, 4.69) is 23.6 Å². The summed E-state index contributed by atoms with van der Waals surface area (Å²) < 4.78 is 38.7. The molecule has 2 heterocycles. The van der Waals surface area contributed by atoms with E-state index in [9.17, 15) is 18.0 Å². The molecule has 0 saturated carbocycles. The van der Waals surface area contributed by atoms with Gasteiger partial charge in [0.15, 0.2) is 0 Å². The molecule has 2 aliphatic heterocycles. The van der Waals surface area contributed by atoms with E-state index in [1.165, 1.54) is 0 Å². The van der Waals surface area contributed by atoms with E-state index < -0.39 is 11.7 Å². The number of carbonyl (C=O) groups is 1. The van der Waals surface area contributed by atoms with Crippen LogP contribution in [-0.4, -0.2) is 65.4 Å². The highest BCUT2D eigenvalue weighted by Gasteiger charge is 2.35. The number of piperidine rings is 1. The largest absolute Gasteiger partial charge is 0.416 e. The topological polar surface area (TPSA) is 52.8 Å². The summed E-state index contributed by atoms with van der Waals surface area (Å²) in [6, 6.07) is 11.3. The number of alkyl halides is 3. The van der Waals surface area contributed by atoms with Crippen molar-refractivity contribution in [1.29, 1.82) is 0 Å². The van der Waals surface area contributed by atoms with Crippen LogP contribution in [0.2, 0.25) is 5.02 Å². The van der Waals surface area contributed by atoms with E-state index in [-0.39, 0.29) is 18.0 Å². The lowest BCUT2D eigenvalue weighted by atomic mass is 9.98. The number of hydrogen-bond donors (Lipinski definition) is 1. The van der Waals surface area contributed by atoms with Crippen molar-refractivity contribution in [1.82, 2.24) is 14.7 Å². The van der Waals surface area contributed by atoms with Crippen molar-refractivity contribution >= 4 is 23.2 Å². The van der Waals surface area contributed by atoms with Crippen molar-refractivity contribution in [3.63, 3.8) is 0 Å². The lowest BCUT2D eigenvalue weighted by Gasteiger charge is -2.47. The number of likely N-dealkylation sites (tertiary alicyclic amines) is 1. The van der Waals surface area contributed by atoms with Crippen LogP contribution in [0.25, 0.3) is 0 Å². The Kier molecular flexibility index (Phi) is 7.64. The minimum absolute atomic E-state index is 0.0370. The van der Waals surface area contributed by atoms with E-state index in [0.29, 0.717) is 35.4 Å². The van der Waals surface area contributed by atoms with E-state index >= 15 is 0 Å². The Morgan fingerprint density at radius 1 is 1.06 bits per heavy atom. The van der Waals surface area contributed by atoms with Crippen molar-refractivity contribution in [2.75, 3.05) is 38.5 Å². The number of nitrogens with two attached hydrogens (primary N) is 1. The van der Waals surface area contributed by atoms with Crippen LogP contribution in [0.15, 0.2) is 42.5 Å². The van der Waals surface area contributed by atoms with Crippen LogP contribution >= 0.6 is 11.6 Å². The first kappa shape index (κ1) is 25.8. The Bertz CT molecular complexity index is 1020. The van der Waals surface area contributed by atoms with Crippen molar-refractivity contribution in [2.24, 2.45) is 0 Å². The van der Waals surface area contributed by atoms with Gasteiger partial charge in [-0.1, -0.05) is 29.8 Å². The molecule has 0 spiro atoms. The van der Waals surface area contributed by atoms with Crippen LogP contribution in [0.4, 0.5) is 18.9 Å². The van der Waals surface area contributed by atoms with Gasteiger partial charge in [-0.05, 0) is 56.5 Å². The van der Waals surface area contributed by atoms with Crippen LogP contribution in [-0.2, 0) is 6.18 Å². The maximum atomic E-state index is 13.0. The number of nitrogen functional groups attached to an aromatic ring is 1. The molecule has 0 aliphatic carbocycles. The predicted octanol–water partition coefficient (Wildman–Crippen LogP) is 5.31. The first-order valence-electron chi connectivity index (χ1n) is 12.1. The molecule has 2 N–H and O–H groups in total. The minimum atomic E-state index is -4.32. The van der Waals surface area contributed by atoms with Gasteiger partial charge in [-0.2, -0.15) is 13.2 Å². The number of hydrogen-bond acceptors (Lipinski definition) is 4. The maximum absolute atomic E-state index is 13.0. The highest BCUT2D eigenvalue weighted by molar-refractivity contribution is 6.34. The first-order chi connectivity index (χ1) is 16.6. The van der Waals surface area contributed by atoms with Crippen LogP contribution in [0.5, 0.6) is 0 Å². The molecule has 2 aromatic rings. The number of amides is 1. The number of piperazine rings is 1. The van der Waals surface area contributed by atoms with Crippen molar-refractivity contribution < 1.29 is 18.0 Å². The zero-order chi connectivity index (χ0) is 25.3. The number of halogens is 4. The third kappa shape index (κ3) is 5.60. The summed E-state index contributed by atoms with van der Waals surface area (Å²) in [4.78, 5) is 19.7. The molecule has 2 unspecified atom stereocenters. The van der Waals surface area contributed by atoms with Crippen LogP contribution in [0.3, 0.4) is 0 Å². The second-order valence-electron chi connectivity index (χ2n) is 9.60. The van der Waals surface area contributed by atoms with Gasteiger partial charge in [0, 0.05) is 56.5 Å².